The quantitative estimate of drug-likeness (QED) is 0.0146. The summed E-state index contributed by atoms with van der Waals surface area (Å²) in [6, 6.07) is 0. The zero-order valence-corrected chi connectivity index (χ0v) is 57.9. The minimum Gasteiger partial charge on any atom is -0.463 e. The molecule has 0 aromatic carbocycles. The van der Waals surface area contributed by atoms with Crippen LogP contribution in [0.3, 0.4) is 0 Å². The molecule has 5 atom stereocenters. The van der Waals surface area contributed by atoms with Gasteiger partial charge < -0.3 is 34.2 Å². The van der Waals surface area contributed by atoms with Gasteiger partial charge in [0.05, 0.1) is 26.4 Å². The van der Waals surface area contributed by atoms with Gasteiger partial charge in [0, 0.05) is 19.3 Å². The van der Waals surface area contributed by atoms with Gasteiger partial charge >= 0.3 is 33.6 Å². The summed E-state index contributed by atoms with van der Waals surface area (Å²) in [4.78, 5) is 58.4. The second kappa shape index (κ2) is 65.1. The molecule has 4 N–H and O–H groups in total. The molecule has 0 aliphatic rings. The predicted octanol–water partition coefficient (Wildman–Crippen LogP) is 19.5. The first-order valence-electron chi connectivity index (χ1n) is 35.2. The highest BCUT2D eigenvalue weighted by Gasteiger charge is 2.29. The van der Waals surface area contributed by atoms with E-state index in [2.05, 4.69) is 93.7 Å². The maximum Gasteiger partial charge on any atom is 0.472 e. The van der Waals surface area contributed by atoms with Gasteiger partial charge in [-0.3, -0.25) is 32.5 Å². The van der Waals surface area contributed by atoms with Gasteiger partial charge in [-0.25, -0.2) is 9.13 Å². The Labute approximate surface area is 541 Å². The summed E-state index contributed by atoms with van der Waals surface area (Å²) < 4.78 is 60.9. The largest absolute Gasteiger partial charge is 0.472 e. The van der Waals surface area contributed by atoms with Crippen molar-refractivity contribution in [1.29, 1.82) is 0 Å². The Bertz CT molecular complexity index is 1920. The van der Waals surface area contributed by atoms with Crippen LogP contribution >= 0.6 is 15.6 Å². The van der Waals surface area contributed by atoms with Crippen LogP contribution in [0.25, 0.3) is 0 Å². The van der Waals surface area contributed by atoms with Crippen molar-refractivity contribution in [2.24, 2.45) is 0 Å². The molecule has 0 spiro atoms. The molecule has 0 radical (unpaired) electrons. The lowest BCUT2D eigenvalue weighted by atomic mass is 10.0. The fraction of sp³-hybridized carbons (Fsp3) is 0.789. The Morgan fingerprint density at radius 3 is 0.944 bits per heavy atom. The van der Waals surface area contributed by atoms with E-state index >= 15 is 0 Å². The minimum absolute atomic E-state index is 0.112. The molecule has 89 heavy (non-hydrogen) atoms. The van der Waals surface area contributed by atoms with Crippen LogP contribution in [-0.4, -0.2) is 95.9 Å². The smallest absolute Gasteiger partial charge is 0.463 e. The summed E-state index contributed by atoms with van der Waals surface area (Å²) in [5.41, 5.74) is 0. The van der Waals surface area contributed by atoms with E-state index in [4.69, 9.17) is 32.3 Å². The predicted molar refractivity (Wildman–Crippen MR) is 362 cm³/mol. The van der Waals surface area contributed by atoms with E-state index in [0.717, 1.165) is 122 Å². The van der Waals surface area contributed by atoms with Crippen molar-refractivity contribution < 1.29 is 75.8 Å². The maximum atomic E-state index is 12.9. The summed E-state index contributed by atoms with van der Waals surface area (Å²) in [6.07, 6.45) is 68.1. The second-order valence-corrected chi connectivity index (χ2v) is 26.6. The molecule has 0 fully saturated rings. The van der Waals surface area contributed by atoms with Crippen LogP contribution in [0.2, 0.25) is 0 Å². The summed E-state index contributed by atoms with van der Waals surface area (Å²) in [7, 11) is -9.76. The molecule has 5 unspecified atom stereocenters. The molecule has 0 aliphatic carbocycles. The number of phosphoric acid groups is 2. The third-order valence-electron chi connectivity index (χ3n) is 14.9. The summed E-state index contributed by atoms with van der Waals surface area (Å²) in [5, 5.41) is 20.5. The van der Waals surface area contributed by atoms with E-state index in [1.807, 2.05) is 0 Å². The van der Waals surface area contributed by atoms with E-state index in [9.17, 15) is 43.5 Å². The fourth-order valence-electron chi connectivity index (χ4n) is 9.58. The van der Waals surface area contributed by atoms with Gasteiger partial charge in [-0.1, -0.05) is 286 Å². The molecular formula is C71H128O16P2. The van der Waals surface area contributed by atoms with Crippen LogP contribution in [-0.2, 0) is 55.8 Å². The van der Waals surface area contributed by atoms with Gasteiger partial charge in [-0.2, -0.15) is 0 Å². The highest BCUT2D eigenvalue weighted by atomic mass is 31.2. The number of aliphatic hydroxyl groups is 2. The normalized spacial score (nSPS) is 14.6. The number of hydrogen-bond donors (Lipinski definition) is 4. The van der Waals surface area contributed by atoms with Crippen LogP contribution in [0.4, 0.5) is 0 Å². The Kier molecular flexibility index (Phi) is 62.9. The molecule has 18 heteroatoms. The molecule has 518 valence electrons. The van der Waals surface area contributed by atoms with Crippen LogP contribution < -0.4 is 0 Å². The van der Waals surface area contributed by atoms with E-state index in [1.54, 1.807) is 0 Å². The van der Waals surface area contributed by atoms with Crippen molar-refractivity contribution in [1.82, 2.24) is 0 Å². The molecule has 0 amide bonds. The zero-order chi connectivity index (χ0) is 65.3. The molecule has 16 nitrogen and oxygen atoms in total. The lowest BCUT2D eigenvalue weighted by Gasteiger charge is -2.21. The molecule has 0 saturated heterocycles. The Hall–Kier alpha value is -3.01. The van der Waals surface area contributed by atoms with Crippen LogP contribution in [0.5, 0.6) is 0 Å². The minimum atomic E-state index is -4.92. The summed E-state index contributed by atoms with van der Waals surface area (Å²) in [5.74, 6) is -1.57. The number of unbranched alkanes of at least 4 members (excludes halogenated alkanes) is 32. The monoisotopic (exact) mass is 1300 g/mol. The number of carbonyl (C=O) groups excluding carboxylic acids is 3. The number of phosphoric ester groups is 2. The molecule has 0 saturated carbocycles. The number of rotatable bonds is 67. The molecule has 0 aliphatic heterocycles. The Morgan fingerprint density at radius 2 is 0.596 bits per heavy atom. The SMILES string of the molecule is CC/C=C\C/C=C\C/C=C\C/C=C\C/C=C\C/C=C\CCCCCCCCC(=O)OCC(O)COP(=O)(O)OCC(O)COP(=O)(O)OCC(COC(=O)CCCCCCCCCCCCCCCCC)OC(=O)CCCCCCCCCCCCCCC. The van der Waals surface area contributed by atoms with E-state index in [0.29, 0.717) is 19.3 Å². The first-order chi connectivity index (χ1) is 43.2. The maximum absolute atomic E-state index is 12.9. The summed E-state index contributed by atoms with van der Waals surface area (Å²) in [6.45, 7) is 2.58. The topological polar surface area (TPSA) is 231 Å². The van der Waals surface area contributed by atoms with E-state index in [1.165, 1.54) is 122 Å². The lowest BCUT2D eigenvalue weighted by molar-refractivity contribution is -0.161. The number of hydrogen-bond acceptors (Lipinski definition) is 14. The van der Waals surface area contributed by atoms with E-state index < -0.39 is 91.5 Å². The van der Waals surface area contributed by atoms with Crippen molar-refractivity contribution in [2.45, 2.75) is 322 Å². The molecular weight excluding hydrogens is 1170 g/mol. The van der Waals surface area contributed by atoms with Gasteiger partial charge in [0.25, 0.3) is 0 Å². The third kappa shape index (κ3) is 66.3. The highest BCUT2D eigenvalue weighted by Crippen LogP contribution is 2.45. The second-order valence-electron chi connectivity index (χ2n) is 23.7. The first kappa shape index (κ1) is 86.0. The molecule has 0 bridgehead atoms. The lowest BCUT2D eigenvalue weighted by Crippen LogP contribution is -2.30. The van der Waals surface area contributed by atoms with Crippen molar-refractivity contribution in [3.63, 3.8) is 0 Å². The molecule has 0 heterocycles. The van der Waals surface area contributed by atoms with Crippen molar-refractivity contribution in [2.75, 3.05) is 39.6 Å². The van der Waals surface area contributed by atoms with Gasteiger partial charge in [-0.15, -0.1) is 0 Å². The van der Waals surface area contributed by atoms with Gasteiger partial charge in [-0.05, 0) is 70.6 Å². The Balaban J connectivity index is 4.53. The van der Waals surface area contributed by atoms with E-state index in [-0.39, 0.29) is 19.3 Å². The van der Waals surface area contributed by atoms with Crippen molar-refractivity contribution in [3.8, 4) is 0 Å². The molecule has 0 aromatic heterocycles. The summed E-state index contributed by atoms with van der Waals surface area (Å²) >= 11 is 0. The Morgan fingerprint density at radius 1 is 0.326 bits per heavy atom. The van der Waals surface area contributed by atoms with Crippen LogP contribution in [0, 0.1) is 0 Å². The van der Waals surface area contributed by atoms with Gasteiger partial charge in [0.2, 0.25) is 0 Å². The standard InChI is InChI=1S/C71H128O16P2/c1-4-7-10-13-16-19-22-25-27-28-29-30-31-32-33-34-35-36-38-41-42-45-48-51-54-57-69(74)81-60-66(72)61-83-88(77,78)84-62-67(73)63-85-89(79,80)86-65-68(87-71(76)59-56-53-50-47-44-39-24-21-18-15-12-9-6-3)64-82-70(75)58-55-52-49-46-43-40-37-26-23-20-17-14-11-8-5-2/h7,10,16,19,25,27,29-30,32-33,35-36,66-68,72-73H,4-6,8-9,11-15,17-18,20-24,26,28,31,34,37-65H2,1-3H3,(H,77,78)(H,79,80)/b10-7-,19-16-,27-25-,30-29-,33-32-,36-35-. The number of esters is 3. The van der Waals surface area contributed by atoms with Crippen LogP contribution in [0.15, 0.2) is 72.9 Å². The number of carbonyl (C=O) groups is 3. The average molecular weight is 1300 g/mol. The number of allylic oxidation sites excluding steroid dienone is 12. The third-order valence-corrected chi connectivity index (χ3v) is 16.8. The van der Waals surface area contributed by atoms with Gasteiger partial charge in [0.1, 0.15) is 25.4 Å². The zero-order valence-electron chi connectivity index (χ0n) is 56.1. The number of aliphatic hydroxyl groups excluding tert-OH is 2. The fourth-order valence-corrected chi connectivity index (χ4v) is 11.2. The highest BCUT2D eigenvalue weighted by molar-refractivity contribution is 7.47. The van der Waals surface area contributed by atoms with Crippen LogP contribution in [0.1, 0.15) is 303 Å². The first-order valence-corrected chi connectivity index (χ1v) is 38.2. The van der Waals surface area contributed by atoms with Crippen molar-refractivity contribution >= 4 is 33.6 Å². The molecule has 0 rings (SSSR count). The van der Waals surface area contributed by atoms with Gasteiger partial charge in [0.15, 0.2) is 6.10 Å². The average Bonchev–Trinajstić information content (AvgIpc) is 3.70. The molecule has 0 aromatic rings. The van der Waals surface area contributed by atoms with Crippen molar-refractivity contribution in [3.05, 3.63) is 72.9 Å². The number of ether oxygens (including phenoxy) is 3.